The molecule has 4 nitrogen and oxygen atoms in total. The highest BCUT2D eigenvalue weighted by molar-refractivity contribution is 7.53. The van der Waals surface area contributed by atoms with E-state index < -0.39 is 7.60 Å². The Morgan fingerprint density at radius 3 is 2.29 bits per heavy atom. The summed E-state index contributed by atoms with van der Waals surface area (Å²) in [5.74, 6) is 0. The van der Waals surface area contributed by atoms with Crippen LogP contribution in [0.25, 0.3) is 0 Å². The lowest BCUT2D eigenvalue weighted by molar-refractivity contribution is -0.0518. The van der Waals surface area contributed by atoms with E-state index in [0.717, 1.165) is 19.4 Å². The smallest absolute Gasteiger partial charge is 0.330 e. The van der Waals surface area contributed by atoms with Crippen molar-refractivity contribution in [3.05, 3.63) is 0 Å². The highest BCUT2D eigenvalue weighted by Gasteiger charge is 2.27. The van der Waals surface area contributed by atoms with E-state index in [1.165, 1.54) is 0 Å². The van der Waals surface area contributed by atoms with Gasteiger partial charge in [-0.3, -0.25) is 4.57 Å². The standard InChI is InChI=1S/C9H19O4P/c1-3-12-14(10,13-4-2)8-6-9-5-7-11-9/h9H,3-8H2,1-2H3. The topological polar surface area (TPSA) is 44.8 Å². The normalized spacial score (nSPS) is 22.0. The van der Waals surface area contributed by atoms with Gasteiger partial charge in [-0.15, -0.1) is 0 Å². The van der Waals surface area contributed by atoms with Crippen molar-refractivity contribution >= 4 is 7.60 Å². The number of hydrogen-bond donors (Lipinski definition) is 0. The third kappa shape index (κ3) is 3.70. The molecule has 0 amide bonds. The summed E-state index contributed by atoms with van der Waals surface area (Å²) in [7, 11) is -2.83. The molecule has 0 bridgehead atoms. The molecule has 0 radical (unpaired) electrons. The van der Waals surface area contributed by atoms with Gasteiger partial charge in [-0.25, -0.2) is 0 Å². The zero-order valence-electron chi connectivity index (χ0n) is 8.90. The van der Waals surface area contributed by atoms with Gasteiger partial charge in [0.2, 0.25) is 0 Å². The molecule has 0 saturated carbocycles. The molecule has 0 spiro atoms. The van der Waals surface area contributed by atoms with Crippen molar-refractivity contribution in [1.29, 1.82) is 0 Å². The lowest BCUT2D eigenvalue weighted by Crippen LogP contribution is -2.27. The Kier molecular flexibility index (Phi) is 5.10. The fourth-order valence-electron chi connectivity index (χ4n) is 1.37. The fourth-order valence-corrected chi connectivity index (χ4v) is 3.10. The van der Waals surface area contributed by atoms with E-state index >= 15 is 0 Å². The van der Waals surface area contributed by atoms with Crippen LogP contribution in [0.5, 0.6) is 0 Å². The molecule has 0 aromatic carbocycles. The van der Waals surface area contributed by atoms with Gasteiger partial charge in [0, 0.05) is 6.61 Å². The second kappa shape index (κ2) is 5.86. The number of rotatable bonds is 7. The lowest BCUT2D eigenvalue weighted by atomic mass is 10.1. The van der Waals surface area contributed by atoms with Gasteiger partial charge in [-0.2, -0.15) is 0 Å². The van der Waals surface area contributed by atoms with Crippen LogP contribution in [0, 0.1) is 0 Å². The maximum atomic E-state index is 12.0. The van der Waals surface area contributed by atoms with Crippen LogP contribution in [0.15, 0.2) is 0 Å². The maximum Gasteiger partial charge on any atom is 0.330 e. The van der Waals surface area contributed by atoms with Crippen LogP contribution >= 0.6 is 7.60 Å². The van der Waals surface area contributed by atoms with Gasteiger partial charge in [0.1, 0.15) is 0 Å². The molecule has 84 valence electrons. The van der Waals surface area contributed by atoms with Crippen LogP contribution < -0.4 is 0 Å². The zero-order chi connectivity index (χ0) is 10.4. The SMILES string of the molecule is CCOP(=O)(CCC1CCO1)OCC. The summed E-state index contributed by atoms with van der Waals surface area (Å²) in [6.45, 7) is 5.35. The Morgan fingerprint density at radius 1 is 1.36 bits per heavy atom. The van der Waals surface area contributed by atoms with E-state index in [1.807, 2.05) is 13.8 Å². The number of hydrogen-bond acceptors (Lipinski definition) is 4. The van der Waals surface area contributed by atoms with Crippen molar-refractivity contribution in [2.24, 2.45) is 0 Å². The third-order valence-corrected chi connectivity index (χ3v) is 4.28. The summed E-state index contributed by atoms with van der Waals surface area (Å²) < 4.78 is 27.5. The largest absolute Gasteiger partial charge is 0.378 e. The predicted molar refractivity (Wildman–Crippen MR) is 54.7 cm³/mol. The number of ether oxygens (including phenoxy) is 1. The van der Waals surface area contributed by atoms with E-state index in [1.54, 1.807) is 0 Å². The average Bonchev–Trinajstić information content (AvgIpc) is 2.02. The monoisotopic (exact) mass is 222 g/mol. The summed E-state index contributed by atoms with van der Waals surface area (Å²) in [4.78, 5) is 0. The van der Waals surface area contributed by atoms with Gasteiger partial charge in [0.05, 0.1) is 25.5 Å². The van der Waals surface area contributed by atoms with Crippen molar-refractivity contribution < 1.29 is 18.3 Å². The van der Waals surface area contributed by atoms with Gasteiger partial charge < -0.3 is 13.8 Å². The summed E-state index contributed by atoms with van der Waals surface area (Å²) in [6.07, 6.45) is 2.58. The van der Waals surface area contributed by atoms with E-state index in [-0.39, 0.29) is 6.10 Å². The zero-order valence-corrected chi connectivity index (χ0v) is 9.79. The minimum absolute atomic E-state index is 0.268. The second-order valence-corrected chi connectivity index (χ2v) is 5.43. The van der Waals surface area contributed by atoms with E-state index in [0.29, 0.717) is 19.4 Å². The molecule has 0 N–H and O–H groups in total. The molecular weight excluding hydrogens is 203 g/mol. The summed E-state index contributed by atoms with van der Waals surface area (Å²) >= 11 is 0. The molecular formula is C9H19O4P. The molecule has 0 aromatic heterocycles. The third-order valence-electron chi connectivity index (χ3n) is 2.17. The van der Waals surface area contributed by atoms with Gasteiger partial charge in [0.15, 0.2) is 0 Å². The van der Waals surface area contributed by atoms with Gasteiger partial charge >= 0.3 is 7.60 Å². The Labute approximate surface area is 85.5 Å². The minimum Gasteiger partial charge on any atom is -0.378 e. The highest BCUT2D eigenvalue weighted by atomic mass is 31.2. The molecule has 14 heavy (non-hydrogen) atoms. The Morgan fingerprint density at radius 2 is 1.93 bits per heavy atom. The molecule has 1 unspecified atom stereocenters. The maximum absolute atomic E-state index is 12.0. The molecule has 1 atom stereocenters. The predicted octanol–water partition coefficient (Wildman–Crippen LogP) is 2.43. The Balaban J connectivity index is 2.29. The van der Waals surface area contributed by atoms with Gasteiger partial charge in [-0.1, -0.05) is 0 Å². The van der Waals surface area contributed by atoms with Crippen molar-refractivity contribution in [3.8, 4) is 0 Å². The van der Waals surface area contributed by atoms with Gasteiger partial charge in [-0.05, 0) is 26.7 Å². The lowest BCUT2D eigenvalue weighted by Gasteiger charge is -2.27. The second-order valence-electron chi connectivity index (χ2n) is 3.24. The Hall–Kier alpha value is 0.110. The molecule has 1 heterocycles. The average molecular weight is 222 g/mol. The molecule has 1 aliphatic heterocycles. The molecule has 0 aliphatic carbocycles. The first-order valence-corrected chi connectivity index (χ1v) is 6.92. The quantitative estimate of drug-likeness (QED) is 0.620. The summed E-state index contributed by atoms with van der Waals surface area (Å²) in [6, 6.07) is 0. The fraction of sp³-hybridized carbons (Fsp3) is 1.00. The van der Waals surface area contributed by atoms with E-state index in [4.69, 9.17) is 13.8 Å². The summed E-state index contributed by atoms with van der Waals surface area (Å²) in [5, 5.41) is 0. The molecule has 1 rings (SSSR count). The van der Waals surface area contributed by atoms with Gasteiger partial charge in [0.25, 0.3) is 0 Å². The van der Waals surface area contributed by atoms with Crippen LogP contribution in [-0.2, 0) is 18.3 Å². The molecule has 1 saturated heterocycles. The first-order valence-electron chi connectivity index (χ1n) is 5.20. The van der Waals surface area contributed by atoms with Crippen molar-refractivity contribution in [3.63, 3.8) is 0 Å². The molecule has 5 heteroatoms. The van der Waals surface area contributed by atoms with Crippen molar-refractivity contribution in [1.82, 2.24) is 0 Å². The molecule has 0 aromatic rings. The van der Waals surface area contributed by atoms with E-state index in [2.05, 4.69) is 0 Å². The highest BCUT2D eigenvalue weighted by Crippen LogP contribution is 2.49. The van der Waals surface area contributed by atoms with Crippen LogP contribution in [-0.4, -0.2) is 32.1 Å². The van der Waals surface area contributed by atoms with Crippen LogP contribution in [0.1, 0.15) is 26.7 Å². The van der Waals surface area contributed by atoms with Crippen LogP contribution in [0.4, 0.5) is 0 Å². The first kappa shape index (κ1) is 12.2. The minimum atomic E-state index is -2.83. The first-order chi connectivity index (χ1) is 6.70. The molecule has 1 aliphatic rings. The Bertz CT molecular complexity index is 193. The summed E-state index contributed by atoms with van der Waals surface area (Å²) in [5.41, 5.74) is 0. The van der Waals surface area contributed by atoms with Crippen LogP contribution in [0.2, 0.25) is 0 Å². The van der Waals surface area contributed by atoms with E-state index in [9.17, 15) is 4.57 Å². The van der Waals surface area contributed by atoms with Crippen molar-refractivity contribution in [2.45, 2.75) is 32.8 Å². The van der Waals surface area contributed by atoms with Crippen molar-refractivity contribution in [2.75, 3.05) is 26.0 Å². The molecule has 1 fully saturated rings. The van der Waals surface area contributed by atoms with Crippen LogP contribution in [0.3, 0.4) is 0 Å².